The maximum absolute atomic E-state index is 13.3. The van der Waals surface area contributed by atoms with Gasteiger partial charge in [0.05, 0.1) is 26.4 Å². The van der Waals surface area contributed by atoms with Crippen molar-refractivity contribution in [2.45, 2.75) is 206 Å². The number of carbonyl (C=O) groups excluding carboxylic acids is 2. The van der Waals surface area contributed by atoms with Crippen molar-refractivity contribution in [2.24, 2.45) is 5.73 Å². The summed E-state index contributed by atoms with van der Waals surface area (Å²) in [6.07, 6.45) is 44.7. The maximum Gasteiger partial charge on any atom is 0.320 e. The minimum absolute atomic E-state index is 0.0210. The Labute approximate surface area is 282 Å². The van der Waals surface area contributed by atoms with Crippen LogP contribution in [-0.4, -0.2) is 36.4 Å². The van der Waals surface area contributed by atoms with Gasteiger partial charge < -0.3 is 5.73 Å². The van der Waals surface area contributed by atoms with Crippen LogP contribution in [0.4, 0.5) is 0 Å². The van der Waals surface area contributed by atoms with E-state index >= 15 is 0 Å². The van der Waals surface area contributed by atoms with Crippen LogP contribution < -0.4 is 5.73 Å². The van der Waals surface area contributed by atoms with Crippen LogP contribution in [0.3, 0.4) is 0 Å². The smallest absolute Gasteiger partial charge is 0.320 e. The molecule has 4 heteroatoms. The zero-order chi connectivity index (χ0) is 33.1. The lowest BCUT2D eigenvalue weighted by Crippen LogP contribution is -2.54. The molecule has 264 valence electrons. The van der Waals surface area contributed by atoms with E-state index in [0.717, 1.165) is 38.5 Å². The van der Waals surface area contributed by atoms with Gasteiger partial charge in [-0.15, -0.1) is 0 Å². The molecule has 0 atom stereocenters. The van der Waals surface area contributed by atoms with Gasteiger partial charge in [0.1, 0.15) is 0 Å². The van der Waals surface area contributed by atoms with Crippen LogP contribution in [0.25, 0.3) is 0 Å². The van der Waals surface area contributed by atoms with Gasteiger partial charge in [0.2, 0.25) is 0 Å². The topological polar surface area (TPSA) is 60.2 Å². The minimum Gasteiger partial charge on any atom is -0.330 e. The number of hydrogen-bond acceptors (Lipinski definition) is 3. The SMILES string of the molecule is CCCCCCCCC=CCCCCCCCC(=O)[N+](C)(CCCCN)C(=O)CCCCCCCC=CCCCCCCCC. The molecule has 0 aromatic carbocycles. The van der Waals surface area contributed by atoms with E-state index in [1.54, 1.807) is 0 Å². The van der Waals surface area contributed by atoms with Gasteiger partial charge in [0.25, 0.3) is 0 Å². The van der Waals surface area contributed by atoms with E-state index in [-0.39, 0.29) is 16.3 Å². The first-order valence-electron chi connectivity index (χ1n) is 19.9. The second-order valence-electron chi connectivity index (χ2n) is 13.9. The molecule has 0 aliphatic heterocycles. The molecule has 45 heavy (non-hydrogen) atoms. The number of hydrogen-bond donors (Lipinski definition) is 1. The minimum atomic E-state index is -0.0210. The summed E-state index contributed by atoms with van der Waals surface area (Å²) in [7, 11) is 1.87. The summed E-state index contributed by atoms with van der Waals surface area (Å²) >= 11 is 0. The van der Waals surface area contributed by atoms with Gasteiger partial charge in [-0.2, -0.15) is 0 Å². The zero-order valence-electron chi connectivity index (χ0n) is 30.8. The fraction of sp³-hybridized carbons (Fsp3) is 0.854. The lowest BCUT2D eigenvalue weighted by atomic mass is 10.1. The van der Waals surface area contributed by atoms with E-state index in [4.69, 9.17) is 5.73 Å². The third kappa shape index (κ3) is 27.6. The summed E-state index contributed by atoms with van der Waals surface area (Å²) in [6, 6.07) is 0. The van der Waals surface area contributed by atoms with Crippen LogP contribution >= 0.6 is 0 Å². The summed E-state index contributed by atoms with van der Waals surface area (Å²) in [4.78, 5) is 26.6. The lowest BCUT2D eigenvalue weighted by Gasteiger charge is -2.29. The van der Waals surface area contributed by atoms with Crippen molar-refractivity contribution >= 4 is 11.8 Å². The van der Waals surface area contributed by atoms with Crippen molar-refractivity contribution in [3.63, 3.8) is 0 Å². The summed E-state index contributed by atoms with van der Waals surface area (Å²) < 4.78 is -0.0210. The molecule has 0 bridgehead atoms. The number of rotatable bonds is 34. The highest BCUT2D eigenvalue weighted by Gasteiger charge is 2.38. The lowest BCUT2D eigenvalue weighted by molar-refractivity contribution is -0.758. The number of allylic oxidation sites excluding steroid dienone is 4. The Morgan fingerprint density at radius 3 is 1.09 bits per heavy atom. The molecule has 0 aromatic heterocycles. The molecule has 0 unspecified atom stereocenters. The highest BCUT2D eigenvalue weighted by atomic mass is 16.2. The molecule has 2 amide bonds. The van der Waals surface area contributed by atoms with Crippen LogP contribution in [-0.2, 0) is 9.59 Å². The van der Waals surface area contributed by atoms with E-state index in [1.807, 2.05) is 7.05 Å². The summed E-state index contributed by atoms with van der Waals surface area (Å²) in [5.41, 5.74) is 5.72. The van der Waals surface area contributed by atoms with Crippen molar-refractivity contribution in [3.8, 4) is 0 Å². The first-order chi connectivity index (χ1) is 22.0. The van der Waals surface area contributed by atoms with Crippen molar-refractivity contribution in [1.29, 1.82) is 0 Å². The second kappa shape index (κ2) is 34.1. The second-order valence-corrected chi connectivity index (χ2v) is 13.9. The summed E-state index contributed by atoms with van der Waals surface area (Å²) in [5.74, 6) is 0.227. The molecule has 4 nitrogen and oxygen atoms in total. The van der Waals surface area contributed by atoms with Gasteiger partial charge >= 0.3 is 11.8 Å². The Morgan fingerprint density at radius 1 is 0.444 bits per heavy atom. The number of unbranched alkanes of at least 4 members (excludes halogenated alkanes) is 23. The Kier molecular flexibility index (Phi) is 33.1. The fourth-order valence-electron chi connectivity index (χ4n) is 6.15. The molecule has 0 rings (SSSR count). The number of quaternary nitrogens is 1. The Morgan fingerprint density at radius 2 is 0.756 bits per heavy atom. The van der Waals surface area contributed by atoms with Crippen LogP contribution in [0.5, 0.6) is 0 Å². The summed E-state index contributed by atoms with van der Waals surface area (Å²) in [5, 5.41) is 0. The van der Waals surface area contributed by atoms with E-state index in [2.05, 4.69) is 38.2 Å². The van der Waals surface area contributed by atoms with E-state index in [0.29, 0.717) is 25.9 Å². The molecule has 2 N–H and O–H groups in total. The van der Waals surface area contributed by atoms with Gasteiger partial charge in [-0.25, -0.2) is 14.1 Å². The Bertz CT molecular complexity index is 662. The van der Waals surface area contributed by atoms with E-state index in [9.17, 15) is 9.59 Å². The van der Waals surface area contributed by atoms with Gasteiger partial charge in [0.15, 0.2) is 0 Å². The monoisotopic (exact) mass is 632 g/mol. The molecule has 0 aromatic rings. The molecular formula is C41H79N2O2+. The number of nitrogens with zero attached hydrogens (tertiary/aromatic N) is 1. The molecular weight excluding hydrogens is 552 g/mol. The average Bonchev–Trinajstić information content (AvgIpc) is 3.04. The van der Waals surface area contributed by atoms with Gasteiger partial charge in [-0.05, 0) is 83.6 Å². The molecule has 0 radical (unpaired) electrons. The zero-order valence-corrected chi connectivity index (χ0v) is 30.8. The van der Waals surface area contributed by atoms with E-state index in [1.165, 1.54) is 141 Å². The first-order valence-corrected chi connectivity index (χ1v) is 19.9. The molecule has 0 heterocycles. The standard InChI is InChI=1S/C41H79N2O2/c1-4-6-8-10-12-14-16-18-20-22-24-26-28-30-32-36-40(44)43(3,39-35-34-38-42)41(45)37-33-31-29-27-25-23-21-19-17-15-13-11-9-7-5-2/h18-21H,4-17,22-39,42H2,1-3H3/q+1. The first kappa shape index (κ1) is 43.7. The number of carbonyl (C=O) groups is 2. The average molecular weight is 632 g/mol. The summed E-state index contributed by atoms with van der Waals surface area (Å²) in [6.45, 7) is 5.76. The molecule has 0 fully saturated rings. The molecule has 0 aliphatic rings. The van der Waals surface area contributed by atoms with Gasteiger partial charge in [-0.1, -0.05) is 141 Å². The van der Waals surface area contributed by atoms with Crippen molar-refractivity contribution in [3.05, 3.63) is 24.3 Å². The van der Waals surface area contributed by atoms with Crippen molar-refractivity contribution in [2.75, 3.05) is 20.1 Å². The predicted octanol–water partition coefficient (Wildman–Crippen LogP) is 12.3. The van der Waals surface area contributed by atoms with Crippen LogP contribution in [0, 0.1) is 0 Å². The Balaban J connectivity index is 4.07. The third-order valence-electron chi connectivity index (χ3n) is 9.47. The maximum atomic E-state index is 13.3. The number of amides is 2. The van der Waals surface area contributed by atoms with Crippen LogP contribution in [0.1, 0.15) is 206 Å². The normalized spacial score (nSPS) is 13.2. The highest BCUT2D eigenvalue weighted by Crippen LogP contribution is 2.18. The van der Waals surface area contributed by atoms with E-state index < -0.39 is 0 Å². The number of imide groups is 1. The van der Waals surface area contributed by atoms with Gasteiger partial charge in [-0.3, -0.25) is 0 Å². The Hall–Kier alpha value is -1.26. The van der Waals surface area contributed by atoms with Crippen LogP contribution in [0.15, 0.2) is 24.3 Å². The third-order valence-corrected chi connectivity index (χ3v) is 9.47. The fourth-order valence-corrected chi connectivity index (χ4v) is 6.15. The quantitative estimate of drug-likeness (QED) is 0.0436. The highest BCUT2D eigenvalue weighted by molar-refractivity contribution is 5.84. The molecule has 0 spiro atoms. The van der Waals surface area contributed by atoms with Crippen molar-refractivity contribution < 1.29 is 14.1 Å². The van der Waals surface area contributed by atoms with Crippen LogP contribution in [0.2, 0.25) is 0 Å². The molecule has 0 saturated carbocycles. The largest absolute Gasteiger partial charge is 0.330 e. The van der Waals surface area contributed by atoms with Gasteiger partial charge in [0, 0.05) is 0 Å². The predicted molar refractivity (Wildman–Crippen MR) is 198 cm³/mol. The molecule has 0 aliphatic carbocycles. The van der Waals surface area contributed by atoms with Crippen molar-refractivity contribution in [1.82, 2.24) is 0 Å². The molecule has 0 saturated heterocycles. The number of nitrogens with two attached hydrogens (primary N) is 1.